The first-order valence-electron chi connectivity index (χ1n) is 6.35. The summed E-state index contributed by atoms with van der Waals surface area (Å²) in [5.74, 6) is 1.85. The molecule has 2 aromatic heterocycles. The van der Waals surface area contributed by atoms with Crippen molar-refractivity contribution in [3.05, 3.63) is 41.3 Å². The lowest BCUT2D eigenvalue weighted by Gasteiger charge is -2.00. The van der Waals surface area contributed by atoms with Crippen LogP contribution in [0.25, 0.3) is 11.5 Å². The molecule has 0 atom stereocenters. The van der Waals surface area contributed by atoms with Crippen molar-refractivity contribution < 1.29 is 9.26 Å². The van der Waals surface area contributed by atoms with Gasteiger partial charge in [0.25, 0.3) is 5.89 Å². The first-order valence-corrected chi connectivity index (χ1v) is 7.12. The van der Waals surface area contributed by atoms with Crippen LogP contribution < -0.4 is 10.5 Å². The number of nitrogens with two attached hydrogens (primary N) is 1. The minimum atomic E-state index is 0.419. The lowest BCUT2D eigenvalue weighted by atomic mass is 10.1. The molecule has 0 fully saturated rings. The van der Waals surface area contributed by atoms with Crippen molar-refractivity contribution >= 4 is 16.5 Å². The zero-order chi connectivity index (χ0) is 14.8. The molecule has 0 saturated carbocycles. The maximum atomic E-state index is 5.88. The number of hydrogen-bond acceptors (Lipinski definition) is 7. The molecule has 0 unspecified atom stereocenters. The highest BCUT2D eigenvalue weighted by molar-refractivity contribution is 7.10. The standard InChI is InChI=1S/C14H14N4O2S/c1-8-12(13(15)21-18-8)14-16-11(17-20-14)7-9-3-5-10(19-2)6-4-9/h3-6H,7,15H2,1-2H3. The molecule has 7 heteroatoms. The zero-order valence-electron chi connectivity index (χ0n) is 11.7. The van der Waals surface area contributed by atoms with Gasteiger partial charge >= 0.3 is 0 Å². The molecule has 2 heterocycles. The lowest BCUT2D eigenvalue weighted by molar-refractivity contribution is 0.414. The van der Waals surface area contributed by atoms with E-state index in [4.69, 9.17) is 15.0 Å². The second kappa shape index (κ2) is 5.53. The zero-order valence-corrected chi connectivity index (χ0v) is 12.5. The van der Waals surface area contributed by atoms with Gasteiger partial charge in [-0.1, -0.05) is 17.3 Å². The van der Waals surface area contributed by atoms with Crippen molar-refractivity contribution in [2.45, 2.75) is 13.3 Å². The fraction of sp³-hybridized carbons (Fsp3) is 0.214. The van der Waals surface area contributed by atoms with Gasteiger partial charge in [0, 0.05) is 6.42 Å². The number of hydrogen-bond donors (Lipinski definition) is 1. The van der Waals surface area contributed by atoms with Crippen molar-refractivity contribution in [3.63, 3.8) is 0 Å². The Bertz CT molecular complexity index is 729. The van der Waals surface area contributed by atoms with Gasteiger partial charge in [0.05, 0.1) is 18.4 Å². The van der Waals surface area contributed by atoms with Gasteiger partial charge in [-0.25, -0.2) is 0 Å². The van der Waals surface area contributed by atoms with Crippen LogP contribution in [0, 0.1) is 6.92 Å². The van der Waals surface area contributed by atoms with E-state index in [1.54, 1.807) is 7.11 Å². The number of methoxy groups -OCH3 is 1. The molecule has 6 nitrogen and oxygen atoms in total. The highest BCUT2D eigenvalue weighted by atomic mass is 32.1. The van der Waals surface area contributed by atoms with E-state index < -0.39 is 0 Å². The van der Waals surface area contributed by atoms with Crippen molar-refractivity contribution in [2.24, 2.45) is 0 Å². The Balaban J connectivity index is 1.82. The second-order valence-electron chi connectivity index (χ2n) is 4.55. The fourth-order valence-corrected chi connectivity index (χ4v) is 2.65. The van der Waals surface area contributed by atoms with Crippen LogP contribution in [-0.4, -0.2) is 21.6 Å². The van der Waals surface area contributed by atoms with Gasteiger partial charge < -0.3 is 15.0 Å². The molecule has 0 aliphatic rings. The van der Waals surface area contributed by atoms with Crippen LogP contribution >= 0.6 is 11.5 Å². The first-order chi connectivity index (χ1) is 10.2. The normalized spacial score (nSPS) is 10.8. The van der Waals surface area contributed by atoms with Crippen molar-refractivity contribution in [1.29, 1.82) is 0 Å². The molecule has 1 aromatic carbocycles. The third-order valence-electron chi connectivity index (χ3n) is 3.09. The van der Waals surface area contributed by atoms with Gasteiger partial charge in [0.1, 0.15) is 10.8 Å². The first kappa shape index (κ1) is 13.6. The summed E-state index contributed by atoms with van der Waals surface area (Å²) >= 11 is 1.23. The molecule has 0 aliphatic heterocycles. The highest BCUT2D eigenvalue weighted by Crippen LogP contribution is 2.31. The molecule has 2 N–H and O–H groups in total. The van der Waals surface area contributed by atoms with Gasteiger partial charge in [0.15, 0.2) is 5.82 Å². The minimum Gasteiger partial charge on any atom is -0.497 e. The van der Waals surface area contributed by atoms with Crippen LogP contribution in [0.1, 0.15) is 17.1 Å². The Kier molecular flexibility index (Phi) is 3.57. The molecule has 3 aromatic rings. The van der Waals surface area contributed by atoms with Crippen LogP contribution in [0.15, 0.2) is 28.8 Å². The van der Waals surface area contributed by atoms with E-state index in [9.17, 15) is 0 Å². The maximum Gasteiger partial charge on any atom is 0.262 e. The van der Waals surface area contributed by atoms with Crippen LogP contribution in [0.5, 0.6) is 5.75 Å². The number of ether oxygens (including phenoxy) is 1. The molecule has 108 valence electrons. The number of aryl methyl sites for hydroxylation is 1. The third kappa shape index (κ3) is 2.73. The number of anilines is 1. The Morgan fingerprint density at radius 3 is 2.67 bits per heavy atom. The third-order valence-corrected chi connectivity index (χ3v) is 3.86. The summed E-state index contributed by atoms with van der Waals surface area (Å²) in [5, 5.41) is 4.59. The largest absolute Gasteiger partial charge is 0.497 e. The number of aromatic nitrogens is 3. The molecule has 0 radical (unpaired) electrons. The summed E-state index contributed by atoms with van der Waals surface area (Å²) in [6.07, 6.45) is 0.587. The van der Waals surface area contributed by atoms with Crippen molar-refractivity contribution in [2.75, 3.05) is 12.8 Å². The van der Waals surface area contributed by atoms with Crippen LogP contribution in [0.3, 0.4) is 0 Å². The maximum absolute atomic E-state index is 5.88. The second-order valence-corrected chi connectivity index (χ2v) is 5.35. The van der Waals surface area contributed by atoms with Crippen LogP contribution in [0.2, 0.25) is 0 Å². The van der Waals surface area contributed by atoms with Crippen LogP contribution in [-0.2, 0) is 6.42 Å². The molecule has 21 heavy (non-hydrogen) atoms. The lowest BCUT2D eigenvalue weighted by Crippen LogP contribution is -1.92. The summed E-state index contributed by atoms with van der Waals surface area (Å²) in [5.41, 5.74) is 8.49. The molecule has 0 aliphatic carbocycles. The monoisotopic (exact) mass is 302 g/mol. The van der Waals surface area contributed by atoms with Gasteiger partial charge in [0.2, 0.25) is 0 Å². The SMILES string of the molecule is COc1ccc(Cc2noc(-c3c(C)nsc3N)n2)cc1. The van der Waals surface area contributed by atoms with E-state index >= 15 is 0 Å². The molecule has 0 amide bonds. The summed E-state index contributed by atoms with van der Waals surface area (Å²) in [7, 11) is 1.64. The van der Waals surface area contributed by atoms with E-state index in [1.165, 1.54) is 11.5 Å². The Morgan fingerprint density at radius 2 is 2.05 bits per heavy atom. The van der Waals surface area contributed by atoms with Crippen molar-refractivity contribution in [1.82, 2.24) is 14.5 Å². The predicted molar refractivity (Wildman–Crippen MR) is 80.4 cm³/mol. The van der Waals surface area contributed by atoms with E-state index in [0.29, 0.717) is 23.1 Å². The highest BCUT2D eigenvalue weighted by Gasteiger charge is 2.17. The Hall–Kier alpha value is -2.41. The van der Waals surface area contributed by atoms with E-state index in [0.717, 1.165) is 22.6 Å². The van der Waals surface area contributed by atoms with Gasteiger partial charge in [-0.05, 0) is 36.2 Å². The van der Waals surface area contributed by atoms with E-state index in [-0.39, 0.29) is 0 Å². The number of nitrogen functional groups attached to an aromatic ring is 1. The van der Waals surface area contributed by atoms with Gasteiger partial charge in [-0.2, -0.15) is 9.36 Å². The Morgan fingerprint density at radius 1 is 1.29 bits per heavy atom. The van der Waals surface area contributed by atoms with E-state index in [2.05, 4.69) is 14.5 Å². The average Bonchev–Trinajstić information content (AvgIpc) is 3.06. The summed E-state index contributed by atoms with van der Waals surface area (Å²) in [6, 6.07) is 7.75. The smallest absolute Gasteiger partial charge is 0.262 e. The van der Waals surface area contributed by atoms with Gasteiger partial charge in [-0.15, -0.1) is 0 Å². The molecule has 3 rings (SSSR count). The van der Waals surface area contributed by atoms with E-state index in [1.807, 2.05) is 31.2 Å². The summed E-state index contributed by atoms with van der Waals surface area (Å²) in [4.78, 5) is 4.39. The van der Waals surface area contributed by atoms with Crippen LogP contribution in [0.4, 0.5) is 5.00 Å². The molecule has 0 spiro atoms. The molecular weight excluding hydrogens is 288 g/mol. The quantitative estimate of drug-likeness (QED) is 0.797. The minimum absolute atomic E-state index is 0.419. The average molecular weight is 302 g/mol. The van der Waals surface area contributed by atoms with Gasteiger partial charge in [-0.3, -0.25) is 0 Å². The number of benzene rings is 1. The summed E-state index contributed by atoms with van der Waals surface area (Å²) in [6.45, 7) is 1.87. The molecule has 0 bridgehead atoms. The predicted octanol–water partition coefficient (Wildman–Crippen LogP) is 2.68. The fourth-order valence-electron chi connectivity index (χ4n) is 2.00. The number of rotatable bonds is 4. The topological polar surface area (TPSA) is 87.1 Å². The molecular formula is C14H14N4O2S. The number of nitrogens with zero attached hydrogens (tertiary/aromatic N) is 3. The van der Waals surface area contributed by atoms with Crippen molar-refractivity contribution in [3.8, 4) is 17.2 Å². The molecule has 0 saturated heterocycles. The summed E-state index contributed by atoms with van der Waals surface area (Å²) < 4.78 is 14.6. The Labute approximate surface area is 125 Å².